The zero-order valence-corrected chi connectivity index (χ0v) is 19.1. The van der Waals surface area contributed by atoms with Gasteiger partial charge < -0.3 is 19.4 Å². The lowest BCUT2D eigenvalue weighted by Gasteiger charge is -2.12. The van der Waals surface area contributed by atoms with Crippen molar-refractivity contribution in [3.05, 3.63) is 38.8 Å². The summed E-state index contributed by atoms with van der Waals surface area (Å²) in [4.78, 5) is 30.5. The van der Waals surface area contributed by atoms with Crippen LogP contribution in [0.3, 0.4) is 0 Å². The van der Waals surface area contributed by atoms with E-state index in [1.54, 1.807) is 36.7 Å². The largest absolute Gasteiger partial charge is 0.488 e. The molecule has 0 aliphatic carbocycles. The number of carbonyl (C=O) groups excluding carboxylic acids is 2. The molecule has 160 valence electrons. The molecule has 0 radical (unpaired) electrons. The summed E-state index contributed by atoms with van der Waals surface area (Å²) in [5.74, 6) is -0.355. The van der Waals surface area contributed by atoms with Crippen molar-refractivity contribution in [3.8, 4) is 5.75 Å². The van der Waals surface area contributed by atoms with Crippen LogP contribution in [0, 0.1) is 0 Å². The zero-order valence-electron chi connectivity index (χ0n) is 17.5. The van der Waals surface area contributed by atoms with Crippen LogP contribution in [0.1, 0.15) is 53.5 Å². The first kappa shape index (κ1) is 22.1. The second-order valence-electron chi connectivity index (χ2n) is 6.89. The maximum absolute atomic E-state index is 12.7. The van der Waals surface area contributed by atoms with Gasteiger partial charge in [-0.25, -0.2) is 9.78 Å². The van der Waals surface area contributed by atoms with Crippen LogP contribution in [0.25, 0.3) is 11.0 Å². The molecule has 9 heteroatoms. The Morgan fingerprint density at radius 2 is 2.03 bits per heavy atom. The number of carbonyl (C=O) groups is 2. The fourth-order valence-electron chi connectivity index (χ4n) is 3.13. The average Bonchev–Trinajstić information content (AvgIpc) is 3.23. The topological polar surface area (TPSA) is 82.4 Å². The summed E-state index contributed by atoms with van der Waals surface area (Å²) in [5, 5.41) is 3.55. The lowest BCUT2D eigenvalue weighted by molar-refractivity contribution is 0.0509. The number of nitrogens with zero attached hydrogens (tertiary/aromatic N) is 2. The van der Waals surface area contributed by atoms with Crippen molar-refractivity contribution in [2.45, 2.75) is 40.2 Å². The van der Waals surface area contributed by atoms with Crippen molar-refractivity contribution in [2.75, 3.05) is 11.9 Å². The summed E-state index contributed by atoms with van der Waals surface area (Å²) in [6, 6.07) is 5.16. The number of pyridine rings is 1. The summed E-state index contributed by atoms with van der Waals surface area (Å²) in [6.45, 7) is 7.71. The summed E-state index contributed by atoms with van der Waals surface area (Å²) >= 11 is 7.15. The lowest BCUT2D eigenvalue weighted by Crippen LogP contribution is -2.14. The van der Waals surface area contributed by atoms with Gasteiger partial charge in [0.05, 0.1) is 38.7 Å². The van der Waals surface area contributed by atoms with Crippen LogP contribution < -0.4 is 10.1 Å². The molecule has 0 aliphatic heterocycles. The summed E-state index contributed by atoms with van der Waals surface area (Å²) in [5.41, 5.74) is 2.14. The minimum Gasteiger partial charge on any atom is -0.488 e. The highest BCUT2D eigenvalue weighted by atomic mass is 35.5. The molecule has 0 saturated carbocycles. The minimum atomic E-state index is -0.481. The number of fused-ring (bicyclic) bond motifs is 1. The third-order valence-corrected chi connectivity index (χ3v) is 5.63. The molecule has 0 aliphatic rings. The van der Waals surface area contributed by atoms with Crippen LogP contribution in [0.5, 0.6) is 5.75 Å². The maximum Gasteiger partial charge on any atom is 0.358 e. The van der Waals surface area contributed by atoms with Crippen molar-refractivity contribution in [1.82, 2.24) is 9.55 Å². The Morgan fingerprint density at radius 1 is 1.30 bits per heavy atom. The molecule has 3 rings (SSSR count). The highest BCUT2D eigenvalue weighted by Crippen LogP contribution is 2.36. The predicted molar refractivity (Wildman–Crippen MR) is 119 cm³/mol. The van der Waals surface area contributed by atoms with Crippen LogP contribution in [0.15, 0.2) is 18.2 Å². The molecule has 0 aromatic carbocycles. The summed E-state index contributed by atoms with van der Waals surface area (Å²) in [7, 11) is 1.75. The molecule has 0 fully saturated rings. The van der Waals surface area contributed by atoms with E-state index in [9.17, 15) is 9.59 Å². The number of hydrogen-bond donors (Lipinski definition) is 1. The van der Waals surface area contributed by atoms with Crippen LogP contribution in [-0.2, 0) is 18.2 Å². The molecular weight excluding hydrogens is 426 g/mol. The first-order valence-corrected chi connectivity index (χ1v) is 10.9. The monoisotopic (exact) mass is 449 g/mol. The van der Waals surface area contributed by atoms with Gasteiger partial charge in [0, 0.05) is 7.05 Å². The Morgan fingerprint density at radius 3 is 2.60 bits per heavy atom. The van der Waals surface area contributed by atoms with E-state index in [-0.39, 0.29) is 18.6 Å². The van der Waals surface area contributed by atoms with Gasteiger partial charge in [0.15, 0.2) is 11.4 Å². The fraction of sp³-hybridized carbons (Fsp3) is 0.381. The molecular formula is C21H24ClN3O4S. The lowest BCUT2D eigenvalue weighted by atomic mass is 10.2. The SMILES string of the molecule is CCOC(=O)c1c(OC(C)C)c2cc(NC(=O)c3ccc(Cl)s3)c(CC)nc2n1C. The number of amides is 1. The van der Waals surface area contributed by atoms with Crippen LogP contribution in [-0.4, -0.2) is 34.1 Å². The first-order chi connectivity index (χ1) is 14.3. The normalized spacial score (nSPS) is 11.2. The van der Waals surface area contributed by atoms with Gasteiger partial charge in [-0.3, -0.25) is 4.79 Å². The molecule has 0 bridgehead atoms. The number of esters is 1. The molecule has 3 heterocycles. The van der Waals surface area contributed by atoms with Gasteiger partial charge in [-0.1, -0.05) is 18.5 Å². The second-order valence-corrected chi connectivity index (χ2v) is 8.60. The molecule has 1 N–H and O–H groups in total. The van der Waals surface area contributed by atoms with E-state index < -0.39 is 5.97 Å². The number of hydrogen-bond acceptors (Lipinski definition) is 6. The van der Waals surface area contributed by atoms with Gasteiger partial charge in [-0.05, 0) is 45.4 Å². The van der Waals surface area contributed by atoms with Crippen molar-refractivity contribution >= 4 is 51.5 Å². The predicted octanol–water partition coefficient (Wildman–Crippen LogP) is 5.07. The molecule has 30 heavy (non-hydrogen) atoms. The van der Waals surface area contributed by atoms with Crippen molar-refractivity contribution in [2.24, 2.45) is 7.05 Å². The van der Waals surface area contributed by atoms with E-state index in [1.165, 1.54) is 11.3 Å². The van der Waals surface area contributed by atoms with Gasteiger partial charge in [0.1, 0.15) is 5.65 Å². The Balaban J connectivity index is 2.15. The van der Waals surface area contributed by atoms with Gasteiger partial charge in [0.2, 0.25) is 0 Å². The van der Waals surface area contributed by atoms with E-state index in [0.717, 1.165) is 0 Å². The van der Waals surface area contributed by atoms with Gasteiger partial charge in [0.25, 0.3) is 5.91 Å². The van der Waals surface area contributed by atoms with Gasteiger partial charge in [-0.15, -0.1) is 11.3 Å². The number of halogens is 1. The zero-order chi connectivity index (χ0) is 22.0. The number of nitrogens with one attached hydrogen (secondary N) is 1. The molecule has 1 amide bonds. The third-order valence-electron chi connectivity index (χ3n) is 4.40. The minimum absolute atomic E-state index is 0.166. The Labute approximate surface area is 184 Å². The molecule has 3 aromatic rings. The number of thiophene rings is 1. The average molecular weight is 450 g/mol. The third kappa shape index (κ3) is 4.29. The maximum atomic E-state index is 12.7. The molecule has 0 atom stereocenters. The quantitative estimate of drug-likeness (QED) is 0.509. The van der Waals surface area contributed by atoms with Crippen LogP contribution in [0.2, 0.25) is 4.34 Å². The highest BCUT2D eigenvalue weighted by molar-refractivity contribution is 7.18. The number of rotatable bonds is 7. The Bertz CT molecular complexity index is 1100. The molecule has 0 unspecified atom stereocenters. The van der Waals surface area contributed by atoms with E-state index >= 15 is 0 Å². The van der Waals surface area contributed by atoms with Gasteiger partial charge in [-0.2, -0.15) is 0 Å². The standard InChI is InChI=1S/C21H24ClN3O4S/c1-6-13-14(24-20(26)15-8-9-16(22)30-15)10-12-18(29-11(3)4)17(21(27)28-7-2)25(5)19(12)23-13/h8-11H,6-7H2,1-5H3,(H,24,26). The smallest absolute Gasteiger partial charge is 0.358 e. The Hall–Kier alpha value is -2.58. The fourth-order valence-corrected chi connectivity index (χ4v) is 4.07. The van der Waals surface area contributed by atoms with Crippen LogP contribution >= 0.6 is 22.9 Å². The Kier molecular flexibility index (Phi) is 6.67. The molecule has 7 nitrogen and oxygen atoms in total. The van der Waals surface area contributed by atoms with E-state index in [4.69, 9.17) is 26.1 Å². The van der Waals surface area contributed by atoms with Crippen molar-refractivity contribution < 1.29 is 19.1 Å². The molecule has 3 aromatic heterocycles. The van der Waals surface area contributed by atoms with E-state index in [2.05, 4.69) is 5.32 Å². The molecule has 0 saturated heterocycles. The van der Waals surface area contributed by atoms with Gasteiger partial charge >= 0.3 is 5.97 Å². The van der Waals surface area contributed by atoms with E-state index in [0.29, 0.717) is 49.5 Å². The number of anilines is 1. The number of aromatic nitrogens is 2. The second kappa shape index (κ2) is 9.06. The summed E-state index contributed by atoms with van der Waals surface area (Å²) in [6.07, 6.45) is 0.428. The van der Waals surface area contributed by atoms with Crippen molar-refractivity contribution in [3.63, 3.8) is 0 Å². The van der Waals surface area contributed by atoms with E-state index in [1.807, 2.05) is 20.8 Å². The van der Waals surface area contributed by atoms with Crippen LogP contribution in [0.4, 0.5) is 5.69 Å². The summed E-state index contributed by atoms with van der Waals surface area (Å²) < 4.78 is 13.4. The highest BCUT2D eigenvalue weighted by Gasteiger charge is 2.27. The number of aryl methyl sites for hydroxylation is 2. The number of ether oxygens (including phenoxy) is 2. The first-order valence-electron chi connectivity index (χ1n) is 9.69. The molecule has 0 spiro atoms. The van der Waals surface area contributed by atoms with Crippen molar-refractivity contribution in [1.29, 1.82) is 0 Å².